The van der Waals surface area contributed by atoms with Crippen LogP contribution in [0.1, 0.15) is 4.88 Å². The molecule has 1 aromatic carbocycles. The van der Waals surface area contributed by atoms with E-state index in [2.05, 4.69) is 41.9 Å². The average Bonchev–Trinajstić information content (AvgIpc) is 2.76. The number of rotatable bonds is 4. The van der Waals surface area contributed by atoms with Crippen molar-refractivity contribution in [3.05, 3.63) is 47.3 Å². The molecule has 0 saturated heterocycles. The Morgan fingerprint density at radius 2 is 1.93 bits per heavy atom. The molecular formula is C12H13NOS. The van der Waals surface area contributed by atoms with Gasteiger partial charge in [0.1, 0.15) is 0 Å². The lowest BCUT2D eigenvalue weighted by atomic mass is 10.2. The lowest BCUT2D eigenvalue weighted by molar-refractivity contribution is 0.0874. The molecule has 0 aliphatic rings. The Morgan fingerprint density at radius 1 is 1.13 bits per heavy atom. The van der Waals surface area contributed by atoms with E-state index >= 15 is 0 Å². The number of nitrogens with one attached hydrogen (secondary N) is 1. The van der Waals surface area contributed by atoms with Crippen LogP contribution in [0, 0.1) is 0 Å². The highest BCUT2D eigenvalue weighted by molar-refractivity contribution is 7.15. The first kappa shape index (κ1) is 10.4. The van der Waals surface area contributed by atoms with E-state index in [0.717, 1.165) is 6.54 Å². The van der Waals surface area contributed by atoms with Gasteiger partial charge in [-0.15, -0.1) is 11.3 Å². The van der Waals surface area contributed by atoms with Crippen LogP contribution in [0.25, 0.3) is 10.4 Å². The summed E-state index contributed by atoms with van der Waals surface area (Å²) >= 11 is 1.78. The van der Waals surface area contributed by atoms with Gasteiger partial charge in [0.05, 0.1) is 13.7 Å². The van der Waals surface area contributed by atoms with E-state index in [1.807, 2.05) is 6.07 Å². The summed E-state index contributed by atoms with van der Waals surface area (Å²) in [7, 11) is 1.63. The second-order valence-corrected chi connectivity index (χ2v) is 4.33. The molecule has 0 unspecified atom stereocenters. The second-order valence-electron chi connectivity index (χ2n) is 3.16. The van der Waals surface area contributed by atoms with Gasteiger partial charge in [0.2, 0.25) is 0 Å². The molecule has 0 fully saturated rings. The Bertz CT molecular complexity index is 411. The lowest BCUT2D eigenvalue weighted by Crippen LogP contribution is -2.09. The molecule has 2 aromatic rings. The first-order valence-corrected chi connectivity index (χ1v) is 5.62. The average molecular weight is 219 g/mol. The third-order valence-electron chi connectivity index (χ3n) is 2.11. The number of hydrogen-bond acceptors (Lipinski definition) is 3. The molecule has 0 bridgehead atoms. The maximum Gasteiger partial charge on any atom is 0.0572 e. The zero-order valence-electron chi connectivity index (χ0n) is 8.57. The van der Waals surface area contributed by atoms with Crippen LogP contribution < -0.4 is 5.48 Å². The van der Waals surface area contributed by atoms with E-state index < -0.39 is 0 Å². The first-order chi connectivity index (χ1) is 7.40. The van der Waals surface area contributed by atoms with Crippen LogP contribution in [0.2, 0.25) is 0 Å². The predicted octanol–water partition coefficient (Wildman–Crippen LogP) is 3.07. The smallest absolute Gasteiger partial charge is 0.0572 e. The molecule has 0 aliphatic carbocycles. The van der Waals surface area contributed by atoms with Crippen molar-refractivity contribution in [2.75, 3.05) is 7.11 Å². The summed E-state index contributed by atoms with van der Waals surface area (Å²) < 4.78 is 0. The molecule has 0 amide bonds. The highest BCUT2D eigenvalue weighted by atomic mass is 32.1. The van der Waals surface area contributed by atoms with Gasteiger partial charge in [-0.2, -0.15) is 5.48 Å². The zero-order valence-corrected chi connectivity index (χ0v) is 9.38. The van der Waals surface area contributed by atoms with Gasteiger partial charge >= 0.3 is 0 Å². The zero-order chi connectivity index (χ0) is 10.5. The van der Waals surface area contributed by atoms with E-state index in [1.165, 1.54) is 15.3 Å². The van der Waals surface area contributed by atoms with Gasteiger partial charge in [-0.25, -0.2) is 0 Å². The van der Waals surface area contributed by atoms with Crippen LogP contribution >= 0.6 is 11.3 Å². The van der Waals surface area contributed by atoms with Crippen LogP contribution in [0.3, 0.4) is 0 Å². The minimum absolute atomic E-state index is 0.758. The van der Waals surface area contributed by atoms with Crippen LogP contribution in [-0.4, -0.2) is 7.11 Å². The minimum atomic E-state index is 0.758. The van der Waals surface area contributed by atoms with Crippen molar-refractivity contribution in [3.63, 3.8) is 0 Å². The van der Waals surface area contributed by atoms with Crippen LogP contribution in [0.4, 0.5) is 0 Å². The van der Waals surface area contributed by atoms with Gasteiger partial charge in [0.25, 0.3) is 0 Å². The van der Waals surface area contributed by atoms with Crippen molar-refractivity contribution < 1.29 is 4.84 Å². The predicted molar refractivity (Wildman–Crippen MR) is 63.6 cm³/mol. The van der Waals surface area contributed by atoms with Gasteiger partial charge in [0, 0.05) is 9.75 Å². The molecule has 0 radical (unpaired) electrons. The number of thiophene rings is 1. The summed E-state index contributed by atoms with van der Waals surface area (Å²) in [6, 6.07) is 14.7. The summed E-state index contributed by atoms with van der Waals surface area (Å²) in [6.45, 7) is 0.758. The Kier molecular flexibility index (Phi) is 3.50. The van der Waals surface area contributed by atoms with Crippen molar-refractivity contribution in [1.82, 2.24) is 5.48 Å². The normalized spacial score (nSPS) is 10.5. The van der Waals surface area contributed by atoms with Crippen molar-refractivity contribution in [3.8, 4) is 10.4 Å². The summed E-state index contributed by atoms with van der Waals surface area (Å²) in [5.74, 6) is 0. The Morgan fingerprint density at radius 3 is 2.67 bits per heavy atom. The topological polar surface area (TPSA) is 21.3 Å². The van der Waals surface area contributed by atoms with Gasteiger partial charge < -0.3 is 4.84 Å². The fraction of sp³-hybridized carbons (Fsp3) is 0.167. The number of hydrogen-bond donors (Lipinski definition) is 1. The van der Waals surface area contributed by atoms with E-state index in [4.69, 9.17) is 4.84 Å². The molecule has 3 heteroatoms. The number of benzene rings is 1. The Balaban J connectivity index is 2.14. The van der Waals surface area contributed by atoms with Gasteiger partial charge in [-0.3, -0.25) is 0 Å². The van der Waals surface area contributed by atoms with Gasteiger partial charge in [0.15, 0.2) is 0 Å². The summed E-state index contributed by atoms with van der Waals surface area (Å²) in [4.78, 5) is 7.39. The van der Waals surface area contributed by atoms with Crippen molar-refractivity contribution in [1.29, 1.82) is 0 Å². The molecule has 15 heavy (non-hydrogen) atoms. The molecule has 0 spiro atoms. The molecule has 0 atom stereocenters. The summed E-state index contributed by atoms with van der Waals surface area (Å²) in [5.41, 5.74) is 4.11. The highest BCUT2D eigenvalue weighted by Crippen LogP contribution is 2.27. The van der Waals surface area contributed by atoms with Crippen LogP contribution in [0.5, 0.6) is 0 Å². The third-order valence-corrected chi connectivity index (χ3v) is 3.25. The Labute approximate surface area is 93.5 Å². The second kappa shape index (κ2) is 5.07. The third kappa shape index (κ3) is 2.65. The lowest BCUT2D eigenvalue weighted by Gasteiger charge is -1.97. The maximum absolute atomic E-state index is 4.82. The SMILES string of the molecule is CONCc1ccc(-c2ccccc2)s1. The Hall–Kier alpha value is -1.16. The minimum Gasteiger partial charge on any atom is -0.305 e. The van der Waals surface area contributed by atoms with E-state index in [1.54, 1.807) is 18.4 Å². The molecule has 2 rings (SSSR count). The first-order valence-electron chi connectivity index (χ1n) is 4.80. The van der Waals surface area contributed by atoms with E-state index in [9.17, 15) is 0 Å². The molecule has 2 nitrogen and oxygen atoms in total. The fourth-order valence-corrected chi connectivity index (χ4v) is 2.31. The summed E-state index contributed by atoms with van der Waals surface area (Å²) in [6.07, 6.45) is 0. The molecule has 1 heterocycles. The van der Waals surface area contributed by atoms with Crippen molar-refractivity contribution >= 4 is 11.3 Å². The molecule has 1 aromatic heterocycles. The van der Waals surface area contributed by atoms with Crippen molar-refractivity contribution in [2.45, 2.75) is 6.54 Å². The molecule has 78 valence electrons. The highest BCUT2D eigenvalue weighted by Gasteiger charge is 2.01. The van der Waals surface area contributed by atoms with Gasteiger partial charge in [-0.1, -0.05) is 30.3 Å². The van der Waals surface area contributed by atoms with Gasteiger partial charge in [-0.05, 0) is 17.7 Å². The maximum atomic E-state index is 4.82. The molecule has 1 N–H and O–H groups in total. The summed E-state index contributed by atoms with van der Waals surface area (Å²) in [5, 5.41) is 0. The number of hydroxylamine groups is 1. The molecule has 0 aliphatic heterocycles. The van der Waals surface area contributed by atoms with Crippen LogP contribution in [-0.2, 0) is 11.4 Å². The van der Waals surface area contributed by atoms with E-state index in [0.29, 0.717) is 0 Å². The van der Waals surface area contributed by atoms with Crippen LogP contribution in [0.15, 0.2) is 42.5 Å². The largest absolute Gasteiger partial charge is 0.305 e. The van der Waals surface area contributed by atoms with Crippen molar-refractivity contribution in [2.24, 2.45) is 0 Å². The molecular weight excluding hydrogens is 206 g/mol. The monoisotopic (exact) mass is 219 g/mol. The quantitative estimate of drug-likeness (QED) is 0.798. The standard InChI is InChI=1S/C12H13NOS/c1-14-13-9-11-7-8-12(15-11)10-5-3-2-4-6-10/h2-8,13H,9H2,1H3. The fourth-order valence-electron chi connectivity index (χ4n) is 1.37. The van der Waals surface area contributed by atoms with E-state index in [-0.39, 0.29) is 0 Å². The molecule has 0 saturated carbocycles.